The van der Waals surface area contributed by atoms with E-state index in [2.05, 4.69) is 42.1 Å². The second kappa shape index (κ2) is 9.71. The van der Waals surface area contributed by atoms with Gasteiger partial charge in [0.05, 0.1) is 11.7 Å². The van der Waals surface area contributed by atoms with Crippen LogP contribution in [0.1, 0.15) is 77.2 Å². The maximum atomic E-state index is 13.5. The number of hydrogen-bond acceptors (Lipinski definition) is 7. The minimum Gasteiger partial charge on any atom is -0.444 e. The molecule has 0 atom stereocenters. The van der Waals surface area contributed by atoms with Gasteiger partial charge < -0.3 is 15.0 Å². The largest absolute Gasteiger partial charge is 0.444 e. The van der Waals surface area contributed by atoms with Crippen LogP contribution in [-0.2, 0) is 23.1 Å². The number of pyridine rings is 1. The van der Waals surface area contributed by atoms with Crippen LogP contribution >= 0.6 is 0 Å². The molecule has 2 aliphatic rings. The van der Waals surface area contributed by atoms with Crippen LogP contribution in [0.15, 0.2) is 47.5 Å². The first-order chi connectivity index (χ1) is 19.4. The maximum Gasteiger partial charge on any atom is 0.410 e. The third-order valence-corrected chi connectivity index (χ3v) is 7.40. The molecular weight excluding hydrogens is 518 g/mol. The summed E-state index contributed by atoms with van der Waals surface area (Å²) in [5.41, 5.74) is 4.64. The van der Waals surface area contributed by atoms with Crippen LogP contribution in [0, 0.1) is 0 Å². The molecule has 1 amide bonds. The number of rotatable bonds is 4. The molecule has 214 valence electrons. The van der Waals surface area contributed by atoms with Gasteiger partial charge in [-0.05, 0) is 75.4 Å². The molecule has 1 N–H and O–H groups in total. The summed E-state index contributed by atoms with van der Waals surface area (Å²) < 4.78 is 9.32. The van der Waals surface area contributed by atoms with Crippen molar-refractivity contribution < 1.29 is 9.53 Å². The molecular formula is C31H37N7O3. The number of hydrogen-bond donors (Lipinski definition) is 1. The highest BCUT2D eigenvalue weighted by Gasteiger charge is 2.31. The molecule has 1 aliphatic heterocycles. The highest BCUT2D eigenvalue weighted by Crippen LogP contribution is 2.36. The Kier molecular flexibility index (Phi) is 6.39. The van der Waals surface area contributed by atoms with E-state index in [9.17, 15) is 9.59 Å². The lowest BCUT2D eigenvalue weighted by molar-refractivity contribution is 0.0224. The Labute approximate surface area is 239 Å². The van der Waals surface area contributed by atoms with Crippen molar-refractivity contribution in [2.24, 2.45) is 0 Å². The van der Waals surface area contributed by atoms with Crippen LogP contribution in [0.5, 0.6) is 0 Å². The van der Waals surface area contributed by atoms with Gasteiger partial charge in [-0.3, -0.25) is 9.78 Å². The van der Waals surface area contributed by atoms with Crippen molar-refractivity contribution in [3.63, 3.8) is 0 Å². The molecule has 4 heterocycles. The summed E-state index contributed by atoms with van der Waals surface area (Å²) in [5, 5.41) is 3.80. The predicted molar refractivity (Wildman–Crippen MR) is 158 cm³/mol. The van der Waals surface area contributed by atoms with Gasteiger partial charge in [-0.2, -0.15) is 4.98 Å². The number of carbonyl (C=O) groups is 1. The summed E-state index contributed by atoms with van der Waals surface area (Å²) >= 11 is 0. The van der Waals surface area contributed by atoms with E-state index in [1.165, 1.54) is 5.56 Å². The van der Waals surface area contributed by atoms with E-state index in [1.54, 1.807) is 17.3 Å². The molecule has 0 spiro atoms. The lowest BCUT2D eigenvalue weighted by atomic mass is 9.91. The monoisotopic (exact) mass is 555 g/mol. The zero-order valence-corrected chi connectivity index (χ0v) is 24.6. The molecule has 0 unspecified atom stereocenters. The molecule has 0 saturated heterocycles. The molecule has 41 heavy (non-hydrogen) atoms. The fourth-order valence-corrected chi connectivity index (χ4v) is 5.16. The van der Waals surface area contributed by atoms with Crippen molar-refractivity contribution in [3.8, 4) is 5.69 Å². The second-order valence-electron chi connectivity index (χ2n) is 13.0. The number of anilines is 2. The van der Waals surface area contributed by atoms with Crippen LogP contribution in [0.25, 0.3) is 16.7 Å². The minimum atomic E-state index is -0.541. The standard InChI is InChI=1S/C31H37N7O3/c1-30(2,3)25-16-23(11-13-32-25)37-26-24(27(39)38(37)22-9-10-22)17-33-28(35-26)34-21-8-7-19-12-14-36(18-20(19)15-21)29(40)41-31(4,5)6/h7-8,11,13,15-17,22H,9-10,12,14,18H2,1-6H3,(H,33,34,35). The van der Waals surface area contributed by atoms with Crippen molar-refractivity contribution in [2.45, 2.75) is 84.4 Å². The molecule has 1 aromatic carbocycles. The average Bonchev–Trinajstić information content (AvgIpc) is 3.70. The molecule has 0 bridgehead atoms. The molecule has 1 aliphatic carbocycles. The number of nitrogens with zero attached hydrogens (tertiary/aromatic N) is 6. The highest BCUT2D eigenvalue weighted by molar-refractivity contribution is 5.77. The summed E-state index contributed by atoms with van der Waals surface area (Å²) in [5.74, 6) is 0.393. The molecule has 1 saturated carbocycles. The fraction of sp³-hybridized carbons (Fsp3) is 0.452. The Hall–Kier alpha value is -4.21. The van der Waals surface area contributed by atoms with Crippen LogP contribution in [0.2, 0.25) is 0 Å². The average molecular weight is 556 g/mol. The van der Waals surface area contributed by atoms with Crippen molar-refractivity contribution in [1.29, 1.82) is 0 Å². The van der Waals surface area contributed by atoms with E-state index in [0.29, 0.717) is 30.1 Å². The Bertz CT molecular complexity index is 1700. The molecule has 0 radical (unpaired) electrons. The molecule has 10 nitrogen and oxygen atoms in total. The summed E-state index contributed by atoms with van der Waals surface area (Å²) in [4.78, 5) is 41.8. The number of aromatic nitrogens is 5. The first kappa shape index (κ1) is 27.0. The van der Waals surface area contributed by atoms with Crippen LogP contribution in [-0.4, -0.2) is 47.5 Å². The quantitative estimate of drug-likeness (QED) is 0.347. The van der Waals surface area contributed by atoms with Gasteiger partial charge in [-0.1, -0.05) is 26.8 Å². The van der Waals surface area contributed by atoms with Gasteiger partial charge in [-0.25, -0.2) is 19.1 Å². The van der Waals surface area contributed by atoms with E-state index in [-0.39, 0.29) is 23.1 Å². The van der Waals surface area contributed by atoms with Crippen molar-refractivity contribution in [3.05, 3.63) is 69.9 Å². The normalized spacial score (nSPS) is 15.6. The predicted octanol–water partition coefficient (Wildman–Crippen LogP) is 5.65. The van der Waals surface area contributed by atoms with Gasteiger partial charge in [0.25, 0.3) is 5.56 Å². The summed E-state index contributed by atoms with van der Waals surface area (Å²) in [6.07, 6.45) is 5.77. The zero-order chi connectivity index (χ0) is 29.1. The van der Waals surface area contributed by atoms with Gasteiger partial charge in [0.1, 0.15) is 11.0 Å². The van der Waals surface area contributed by atoms with Gasteiger partial charge in [0, 0.05) is 42.3 Å². The molecule has 1 fully saturated rings. The summed E-state index contributed by atoms with van der Waals surface area (Å²) in [6.45, 7) is 13.1. The lowest BCUT2D eigenvalue weighted by Gasteiger charge is -2.31. The number of fused-ring (bicyclic) bond motifs is 2. The van der Waals surface area contributed by atoms with E-state index in [4.69, 9.17) is 9.72 Å². The van der Waals surface area contributed by atoms with E-state index >= 15 is 0 Å². The van der Waals surface area contributed by atoms with Gasteiger partial charge >= 0.3 is 6.09 Å². The topological polar surface area (TPSA) is 107 Å². The Balaban J connectivity index is 1.34. The minimum absolute atomic E-state index is 0.0841. The smallest absolute Gasteiger partial charge is 0.410 e. The molecule has 3 aromatic heterocycles. The fourth-order valence-electron chi connectivity index (χ4n) is 5.16. The Morgan fingerprint density at radius 3 is 2.51 bits per heavy atom. The SMILES string of the molecule is CC(C)(C)OC(=O)N1CCc2ccc(Nc3ncc4c(=O)n(C5CC5)n(-c5ccnc(C(C)(C)C)c5)c4n3)cc2C1. The van der Waals surface area contributed by atoms with Crippen LogP contribution in [0.3, 0.4) is 0 Å². The number of benzene rings is 1. The third-order valence-electron chi connectivity index (χ3n) is 7.40. The molecule has 10 heteroatoms. The first-order valence-electron chi connectivity index (χ1n) is 14.2. The van der Waals surface area contributed by atoms with Gasteiger partial charge in [0.2, 0.25) is 5.95 Å². The first-order valence-corrected chi connectivity index (χ1v) is 14.2. The van der Waals surface area contributed by atoms with Crippen molar-refractivity contribution >= 4 is 28.8 Å². The molecule has 4 aromatic rings. The summed E-state index contributed by atoms with van der Waals surface area (Å²) in [7, 11) is 0. The highest BCUT2D eigenvalue weighted by atomic mass is 16.6. The van der Waals surface area contributed by atoms with Crippen LogP contribution < -0.4 is 10.9 Å². The number of carbonyl (C=O) groups excluding carboxylic acids is 1. The molecule has 6 rings (SSSR count). The number of ether oxygens (including phenoxy) is 1. The number of nitrogens with one attached hydrogen (secondary N) is 1. The van der Waals surface area contributed by atoms with Gasteiger partial charge in [0.15, 0.2) is 5.65 Å². The second-order valence-corrected chi connectivity index (χ2v) is 13.0. The van der Waals surface area contributed by atoms with Gasteiger partial charge in [-0.15, -0.1) is 0 Å². The Morgan fingerprint density at radius 2 is 1.80 bits per heavy atom. The van der Waals surface area contributed by atoms with E-state index < -0.39 is 5.60 Å². The van der Waals surface area contributed by atoms with E-state index in [0.717, 1.165) is 41.9 Å². The number of amides is 1. The lowest BCUT2D eigenvalue weighted by Crippen LogP contribution is -2.39. The van der Waals surface area contributed by atoms with E-state index in [1.807, 2.05) is 54.4 Å². The maximum absolute atomic E-state index is 13.5. The Morgan fingerprint density at radius 1 is 1.02 bits per heavy atom. The third kappa shape index (κ3) is 5.42. The zero-order valence-electron chi connectivity index (χ0n) is 24.6. The van der Waals surface area contributed by atoms with Crippen molar-refractivity contribution in [1.82, 2.24) is 29.2 Å². The van der Waals surface area contributed by atoms with Crippen molar-refractivity contribution in [2.75, 3.05) is 11.9 Å². The summed E-state index contributed by atoms with van der Waals surface area (Å²) in [6, 6.07) is 10.2. The van der Waals surface area contributed by atoms with Crippen LogP contribution in [0.4, 0.5) is 16.4 Å².